The summed E-state index contributed by atoms with van der Waals surface area (Å²) >= 11 is 11.8. The number of hydrogen-bond acceptors (Lipinski definition) is 2. The van der Waals surface area contributed by atoms with E-state index in [-0.39, 0.29) is 13.1 Å². The van der Waals surface area contributed by atoms with E-state index >= 15 is 0 Å². The van der Waals surface area contributed by atoms with E-state index in [0.29, 0.717) is 22.2 Å². The van der Waals surface area contributed by atoms with Crippen molar-refractivity contribution in [1.82, 2.24) is 10.2 Å². The minimum Gasteiger partial charge on any atom is -0.318 e. The zero-order chi connectivity index (χ0) is 14.5. The van der Waals surface area contributed by atoms with Crippen LogP contribution in [0.3, 0.4) is 0 Å². The molecular formula is C12H15Cl2F3N2. The predicted molar refractivity (Wildman–Crippen MR) is 71.7 cm³/mol. The Morgan fingerprint density at radius 1 is 1.26 bits per heavy atom. The van der Waals surface area contributed by atoms with Gasteiger partial charge >= 0.3 is 6.18 Å². The fraction of sp³-hybridized carbons (Fsp3) is 0.500. The maximum absolute atomic E-state index is 12.5. The first kappa shape index (κ1) is 16.6. The van der Waals surface area contributed by atoms with Gasteiger partial charge in [0.25, 0.3) is 0 Å². The van der Waals surface area contributed by atoms with Gasteiger partial charge in [-0.1, -0.05) is 23.2 Å². The van der Waals surface area contributed by atoms with Gasteiger partial charge in [0.05, 0.1) is 6.54 Å². The minimum absolute atomic E-state index is 0.112. The van der Waals surface area contributed by atoms with E-state index < -0.39 is 12.7 Å². The Hall–Kier alpha value is -0.490. The molecule has 0 saturated carbocycles. The standard InChI is InChI=1S/C12H15Cl2F3N2/c1-18-4-5-19(8-12(15,16)17)7-9-6-10(13)2-3-11(9)14/h2-3,6,18H,4-5,7-8H2,1H3. The monoisotopic (exact) mass is 314 g/mol. The first-order valence-corrected chi connectivity index (χ1v) is 6.45. The summed E-state index contributed by atoms with van der Waals surface area (Å²) in [6.07, 6.45) is -4.24. The Bertz CT molecular complexity index is 410. The van der Waals surface area contributed by atoms with Gasteiger partial charge in [-0.25, -0.2) is 0 Å². The topological polar surface area (TPSA) is 15.3 Å². The second kappa shape index (κ2) is 7.33. The number of benzene rings is 1. The third-order valence-electron chi connectivity index (χ3n) is 2.48. The van der Waals surface area contributed by atoms with Gasteiger partial charge < -0.3 is 5.32 Å². The van der Waals surface area contributed by atoms with Gasteiger partial charge in [0.2, 0.25) is 0 Å². The van der Waals surface area contributed by atoms with Crippen LogP contribution in [-0.4, -0.2) is 37.8 Å². The van der Waals surface area contributed by atoms with E-state index in [9.17, 15) is 13.2 Å². The van der Waals surface area contributed by atoms with Crippen LogP contribution in [0.25, 0.3) is 0 Å². The molecule has 0 fully saturated rings. The van der Waals surface area contributed by atoms with E-state index in [1.54, 1.807) is 25.2 Å². The van der Waals surface area contributed by atoms with Crippen LogP contribution in [0, 0.1) is 0 Å². The Labute approximate surface area is 120 Å². The predicted octanol–water partition coefficient (Wildman–Crippen LogP) is 3.58. The maximum atomic E-state index is 12.5. The van der Waals surface area contributed by atoms with Crippen LogP contribution in [0.4, 0.5) is 13.2 Å². The molecule has 0 aliphatic heterocycles. The van der Waals surface area contributed by atoms with Crippen molar-refractivity contribution in [3.8, 4) is 0 Å². The summed E-state index contributed by atoms with van der Waals surface area (Å²) in [5.41, 5.74) is 0.592. The van der Waals surface area contributed by atoms with Crippen molar-refractivity contribution in [3.05, 3.63) is 33.8 Å². The van der Waals surface area contributed by atoms with E-state index in [4.69, 9.17) is 23.2 Å². The van der Waals surface area contributed by atoms with Crippen molar-refractivity contribution in [1.29, 1.82) is 0 Å². The average Bonchev–Trinajstić information content (AvgIpc) is 2.29. The van der Waals surface area contributed by atoms with Gasteiger partial charge in [0, 0.05) is 29.7 Å². The molecule has 19 heavy (non-hydrogen) atoms. The lowest BCUT2D eigenvalue weighted by molar-refractivity contribution is -0.146. The molecule has 0 radical (unpaired) electrons. The fourth-order valence-corrected chi connectivity index (χ4v) is 2.01. The Morgan fingerprint density at radius 2 is 1.95 bits per heavy atom. The maximum Gasteiger partial charge on any atom is 0.401 e. The van der Waals surface area contributed by atoms with Crippen molar-refractivity contribution in [2.75, 3.05) is 26.7 Å². The van der Waals surface area contributed by atoms with Gasteiger partial charge in [0.1, 0.15) is 0 Å². The van der Waals surface area contributed by atoms with Crippen LogP contribution in [-0.2, 0) is 6.54 Å². The lowest BCUT2D eigenvalue weighted by Gasteiger charge is -2.24. The molecule has 0 amide bonds. The molecule has 0 unspecified atom stereocenters. The Kier molecular flexibility index (Phi) is 6.39. The normalized spacial score (nSPS) is 12.2. The lowest BCUT2D eigenvalue weighted by atomic mass is 10.2. The molecule has 1 aromatic rings. The summed E-state index contributed by atoms with van der Waals surface area (Å²) < 4.78 is 37.5. The summed E-state index contributed by atoms with van der Waals surface area (Å²) in [5.74, 6) is 0. The highest BCUT2D eigenvalue weighted by atomic mass is 35.5. The summed E-state index contributed by atoms with van der Waals surface area (Å²) in [6.45, 7) is -0.120. The van der Waals surface area contributed by atoms with E-state index in [2.05, 4.69) is 5.32 Å². The Balaban J connectivity index is 2.78. The molecule has 0 aromatic heterocycles. The highest BCUT2D eigenvalue weighted by Crippen LogP contribution is 2.24. The van der Waals surface area contributed by atoms with Crippen LogP contribution in [0.15, 0.2) is 18.2 Å². The summed E-state index contributed by atoms with van der Waals surface area (Å²) in [4.78, 5) is 1.29. The van der Waals surface area contributed by atoms with Crippen LogP contribution < -0.4 is 5.32 Å². The van der Waals surface area contributed by atoms with Gasteiger partial charge in [-0.2, -0.15) is 13.2 Å². The molecule has 0 bridgehead atoms. The van der Waals surface area contributed by atoms with Crippen LogP contribution in [0.2, 0.25) is 10.0 Å². The van der Waals surface area contributed by atoms with Gasteiger partial charge in [-0.3, -0.25) is 4.90 Å². The molecule has 0 atom stereocenters. The van der Waals surface area contributed by atoms with Crippen molar-refractivity contribution in [2.24, 2.45) is 0 Å². The number of halogens is 5. The fourth-order valence-electron chi connectivity index (χ4n) is 1.64. The molecule has 1 rings (SSSR count). The third-order valence-corrected chi connectivity index (χ3v) is 3.09. The number of hydrogen-bond donors (Lipinski definition) is 1. The first-order valence-electron chi connectivity index (χ1n) is 5.69. The largest absolute Gasteiger partial charge is 0.401 e. The molecule has 1 aromatic carbocycles. The zero-order valence-corrected chi connectivity index (χ0v) is 11.9. The number of likely N-dealkylation sites (N-methyl/N-ethyl adjacent to an activating group) is 1. The Morgan fingerprint density at radius 3 is 2.53 bits per heavy atom. The minimum atomic E-state index is -4.24. The molecular weight excluding hydrogens is 300 g/mol. The second-order valence-electron chi connectivity index (χ2n) is 4.17. The van der Waals surface area contributed by atoms with Crippen molar-refractivity contribution in [2.45, 2.75) is 12.7 Å². The smallest absolute Gasteiger partial charge is 0.318 e. The summed E-state index contributed by atoms with van der Waals surface area (Å²) in [7, 11) is 1.69. The summed E-state index contributed by atoms with van der Waals surface area (Å²) in [6, 6.07) is 4.78. The molecule has 2 nitrogen and oxygen atoms in total. The summed E-state index contributed by atoms with van der Waals surface area (Å²) in [5, 5.41) is 3.70. The average molecular weight is 315 g/mol. The van der Waals surface area contributed by atoms with E-state index in [1.165, 1.54) is 4.90 Å². The quantitative estimate of drug-likeness (QED) is 0.863. The molecule has 0 heterocycles. The number of nitrogens with zero attached hydrogens (tertiary/aromatic N) is 1. The van der Waals surface area contributed by atoms with Crippen LogP contribution in [0.5, 0.6) is 0 Å². The highest BCUT2D eigenvalue weighted by Gasteiger charge is 2.30. The molecule has 1 N–H and O–H groups in total. The van der Waals surface area contributed by atoms with Crippen LogP contribution in [0.1, 0.15) is 5.56 Å². The number of rotatable bonds is 6. The van der Waals surface area contributed by atoms with Crippen molar-refractivity contribution < 1.29 is 13.2 Å². The lowest BCUT2D eigenvalue weighted by Crippen LogP contribution is -2.37. The SMILES string of the molecule is CNCCN(Cc1cc(Cl)ccc1Cl)CC(F)(F)F. The highest BCUT2D eigenvalue weighted by molar-refractivity contribution is 6.33. The van der Waals surface area contributed by atoms with Gasteiger partial charge in [-0.05, 0) is 30.8 Å². The number of nitrogens with one attached hydrogen (secondary N) is 1. The van der Waals surface area contributed by atoms with Gasteiger partial charge in [-0.15, -0.1) is 0 Å². The first-order chi connectivity index (χ1) is 8.81. The van der Waals surface area contributed by atoms with Crippen molar-refractivity contribution >= 4 is 23.2 Å². The molecule has 0 spiro atoms. The van der Waals surface area contributed by atoms with Crippen molar-refractivity contribution in [3.63, 3.8) is 0 Å². The number of alkyl halides is 3. The van der Waals surface area contributed by atoms with Gasteiger partial charge in [0.15, 0.2) is 0 Å². The third kappa shape index (κ3) is 6.47. The molecule has 0 saturated heterocycles. The second-order valence-corrected chi connectivity index (χ2v) is 5.01. The van der Waals surface area contributed by atoms with E-state index in [1.807, 2.05) is 0 Å². The molecule has 7 heteroatoms. The molecule has 108 valence electrons. The molecule has 0 aliphatic rings. The molecule has 0 aliphatic carbocycles. The van der Waals surface area contributed by atoms with E-state index in [0.717, 1.165) is 0 Å². The van der Waals surface area contributed by atoms with Crippen LogP contribution >= 0.6 is 23.2 Å². The zero-order valence-electron chi connectivity index (χ0n) is 10.4.